The highest BCUT2D eigenvalue weighted by molar-refractivity contribution is 9.10. The van der Waals surface area contributed by atoms with Gasteiger partial charge in [-0.25, -0.2) is 8.78 Å². The van der Waals surface area contributed by atoms with Gasteiger partial charge in [0.25, 0.3) is 0 Å². The topological polar surface area (TPSA) is 26.0 Å². The highest BCUT2D eigenvalue weighted by Gasteiger charge is 2.13. The van der Waals surface area contributed by atoms with Crippen LogP contribution in [-0.4, -0.2) is 0 Å². The highest BCUT2D eigenvalue weighted by atomic mass is 79.9. The minimum atomic E-state index is -0.692. The van der Waals surface area contributed by atoms with Crippen molar-refractivity contribution in [3.63, 3.8) is 0 Å². The first-order chi connectivity index (χ1) is 6.07. The van der Waals surface area contributed by atoms with Crippen LogP contribution in [0.1, 0.15) is 5.56 Å². The third-order valence-corrected chi connectivity index (χ3v) is 2.37. The van der Waals surface area contributed by atoms with E-state index in [0.29, 0.717) is 0 Å². The number of anilines is 1. The molecular formula is C9H8BrF2N. The molecule has 2 N–H and O–H groups in total. The van der Waals surface area contributed by atoms with Crippen molar-refractivity contribution in [2.75, 3.05) is 5.73 Å². The highest BCUT2D eigenvalue weighted by Crippen LogP contribution is 2.27. The van der Waals surface area contributed by atoms with E-state index in [1.165, 1.54) is 6.08 Å². The zero-order valence-corrected chi connectivity index (χ0v) is 8.37. The van der Waals surface area contributed by atoms with Crippen molar-refractivity contribution in [1.82, 2.24) is 0 Å². The monoisotopic (exact) mass is 247 g/mol. The molecule has 0 bridgehead atoms. The molecule has 0 amide bonds. The molecule has 0 unspecified atom stereocenters. The number of benzene rings is 1. The summed E-state index contributed by atoms with van der Waals surface area (Å²) in [6, 6.07) is 1.09. The molecule has 1 nitrogen and oxygen atoms in total. The molecule has 0 fully saturated rings. The Morgan fingerprint density at radius 3 is 2.69 bits per heavy atom. The van der Waals surface area contributed by atoms with Gasteiger partial charge in [0.05, 0.1) is 4.47 Å². The first-order valence-corrected chi connectivity index (χ1v) is 4.40. The second-order valence-corrected chi connectivity index (χ2v) is 3.34. The van der Waals surface area contributed by atoms with Gasteiger partial charge in [-0.15, -0.1) is 6.58 Å². The van der Waals surface area contributed by atoms with Crippen LogP contribution >= 0.6 is 15.9 Å². The number of hydrogen-bond donors (Lipinski definition) is 1. The maximum atomic E-state index is 13.3. The molecule has 0 aromatic heterocycles. The predicted octanol–water partition coefficient (Wildman–Crippen LogP) is 3.04. The lowest BCUT2D eigenvalue weighted by Gasteiger charge is -2.06. The fraction of sp³-hybridized carbons (Fsp3) is 0.111. The number of allylic oxidation sites excluding steroid dienone is 1. The van der Waals surface area contributed by atoms with Gasteiger partial charge >= 0.3 is 0 Å². The van der Waals surface area contributed by atoms with Crippen LogP contribution in [0.5, 0.6) is 0 Å². The summed E-state index contributed by atoms with van der Waals surface area (Å²) in [5, 5.41) is 0. The van der Waals surface area contributed by atoms with E-state index in [9.17, 15) is 8.78 Å². The third-order valence-electron chi connectivity index (χ3n) is 1.65. The molecular weight excluding hydrogens is 240 g/mol. The first-order valence-electron chi connectivity index (χ1n) is 3.60. The van der Waals surface area contributed by atoms with E-state index < -0.39 is 11.6 Å². The van der Waals surface area contributed by atoms with E-state index in [-0.39, 0.29) is 22.1 Å². The van der Waals surface area contributed by atoms with Crippen molar-refractivity contribution >= 4 is 21.6 Å². The lowest BCUT2D eigenvalue weighted by atomic mass is 10.1. The smallest absolute Gasteiger partial charge is 0.145 e. The van der Waals surface area contributed by atoms with Crippen molar-refractivity contribution in [2.24, 2.45) is 0 Å². The summed E-state index contributed by atoms with van der Waals surface area (Å²) < 4.78 is 26.0. The van der Waals surface area contributed by atoms with Gasteiger partial charge in [-0.2, -0.15) is 0 Å². The van der Waals surface area contributed by atoms with Crippen LogP contribution in [0.4, 0.5) is 14.5 Å². The van der Waals surface area contributed by atoms with Gasteiger partial charge in [0.2, 0.25) is 0 Å². The predicted molar refractivity (Wildman–Crippen MR) is 52.4 cm³/mol. The Kier molecular flexibility index (Phi) is 3.03. The second-order valence-electron chi connectivity index (χ2n) is 2.55. The molecule has 0 aliphatic heterocycles. The Morgan fingerprint density at radius 2 is 2.15 bits per heavy atom. The third kappa shape index (κ3) is 1.88. The van der Waals surface area contributed by atoms with Crippen molar-refractivity contribution in [3.8, 4) is 0 Å². The number of rotatable bonds is 2. The van der Waals surface area contributed by atoms with Crippen LogP contribution < -0.4 is 5.73 Å². The molecule has 1 rings (SSSR count). The molecule has 1 aromatic rings. The normalized spacial score (nSPS) is 10.1. The van der Waals surface area contributed by atoms with Crippen molar-refractivity contribution in [1.29, 1.82) is 0 Å². The maximum Gasteiger partial charge on any atom is 0.145 e. The summed E-state index contributed by atoms with van der Waals surface area (Å²) in [7, 11) is 0. The first kappa shape index (κ1) is 10.2. The molecule has 0 aliphatic carbocycles. The number of hydrogen-bond acceptors (Lipinski definition) is 1. The molecule has 70 valence electrons. The van der Waals surface area contributed by atoms with Crippen molar-refractivity contribution in [3.05, 3.63) is 40.4 Å². The Morgan fingerprint density at radius 1 is 1.54 bits per heavy atom. The summed E-state index contributed by atoms with van der Waals surface area (Å²) >= 11 is 2.79. The molecule has 1 aromatic carbocycles. The van der Waals surface area contributed by atoms with Gasteiger partial charge in [-0.1, -0.05) is 6.08 Å². The molecule has 0 saturated heterocycles. The summed E-state index contributed by atoms with van der Waals surface area (Å²) in [5.74, 6) is -1.35. The lowest BCUT2D eigenvalue weighted by Crippen LogP contribution is -2.00. The van der Waals surface area contributed by atoms with Crippen LogP contribution in [0, 0.1) is 11.6 Å². The summed E-state index contributed by atoms with van der Waals surface area (Å²) in [6.07, 6.45) is 1.80. The fourth-order valence-corrected chi connectivity index (χ4v) is 1.36. The minimum Gasteiger partial charge on any atom is -0.398 e. The molecule has 4 heteroatoms. The van der Waals surface area contributed by atoms with E-state index >= 15 is 0 Å². The lowest BCUT2D eigenvalue weighted by molar-refractivity contribution is 0.565. The number of halogens is 3. The zero-order valence-electron chi connectivity index (χ0n) is 6.78. The Hall–Kier alpha value is -0.900. The van der Waals surface area contributed by atoms with E-state index in [1.807, 2.05) is 0 Å². The molecule has 0 saturated carbocycles. The summed E-state index contributed by atoms with van der Waals surface area (Å²) in [6.45, 7) is 3.46. The van der Waals surface area contributed by atoms with E-state index in [4.69, 9.17) is 5.73 Å². The van der Waals surface area contributed by atoms with Gasteiger partial charge < -0.3 is 5.73 Å². The van der Waals surface area contributed by atoms with Gasteiger partial charge in [-0.05, 0) is 28.4 Å². The van der Waals surface area contributed by atoms with Crippen molar-refractivity contribution in [2.45, 2.75) is 6.42 Å². The van der Waals surface area contributed by atoms with Gasteiger partial charge in [0, 0.05) is 11.3 Å². The number of nitrogens with two attached hydrogens (primary N) is 1. The van der Waals surface area contributed by atoms with E-state index in [2.05, 4.69) is 22.5 Å². The minimum absolute atomic E-state index is 0.109. The number of nitrogen functional groups attached to an aromatic ring is 1. The molecule has 0 radical (unpaired) electrons. The Bertz CT molecular complexity index is 350. The average Bonchev–Trinajstić information content (AvgIpc) is 2.09. The van der Waals surface area contributed by atoms with Gasteiger partial charge in [0.1, 0.15) is 11.6 Å². The fourth-order valence-electron chi connectivity index (χ4n) is 1.00. The van der Waals surface area contributed by atoms with Crippen LogP contribution in [0.3, 0.4) is 0 Å². The van der Waals surface area contributed by atoms with Gasteiger partial charge in [0.15, 0.2) is 0 Å². The summed E-state index contributed by atoms with van der Waals surface area (Å²) in [5.41, 5.74) is 5.80. The molecule has 0 spiro atoms. The van der Waals surface area contributed by atoms with Crippen LogP contribution in [0.2, 0.25) is 0 Å². The molecule has 13 heavy (non-hydrogen) atoms. The van der Waals surface area contributed by atoms with Crippen LogP contribution in [0.15, 0.2) is 23.2 Å². The Labute approximate surface area is 83.4 Å². The van der Waals surface area contributed by atoms with Crippen LogP contribution in [-0.2, 0) is 6.42 Å². The Balaban J connectivity index is 3.34. The standard InChI is InChI=1S/C9H8BrF2N/c1-2-3-5-7(13)4-6(11)8(10)9(5)12/h2,4H,1,3,13H2. The largest absolute Gasteiger partial charge is 0.398 e. The molecule has 0 aliphatic rings. The van der Waals surface area contributed by atoms with E-state index in [0.717, 1.165) is 6.07 Å². The SMILES string of the molecule is C=CCc1c(N)cc(F)c(Br)c1F. The zero-order chi connectivity index (χ0) is 10.0. The van der Waals surface area contributed by atoms with Crippen LogP contribution in [0.25, 0.3) is 0 Å². The maximum absolute atomic E-state index is 13.3. The molecule has 0 heterocycles. The second kappa shape index (κ2) is 3.87. The van der Waals surface area contributed by atoms with Crippen molar-refractivity contribution < 1.29 is 8.78 Å². The molecule has 0 atom stereocenters. The average molecular weight is 248 g/mol. The summed E-state index contributed by atoms with van der Waals surface area (Å²) in [4.78, 5) is 0. The van der Waals surface area contributed by atoms with Gasteiger partial charge in [-0.3, -0.25) is 0 Å². The quantitative estimate of drug-likeness (QED) is 0.486. The van der Waals surface area contributed by atoms with E-state index in [1.54, 1.807) is 0 Å².